The van der Waals surface area contributed by atoms with E-state index in [0.29, 0.717) is 11.0 Å². The summed E-state index contributed by atoms with van der Waals surface area (Å²) in [5.41, 5.74) is -0.107. The lowest BCUT2D eigenvalue weighted by atomic mass is 10.2. The number of halogens is 3. The highest BCUT2D eigenvalue weighted by Gasteiger charge is 2.30. The van der Waals surface area contributed by atoms with E-state index in [9.17, 15) is 22.8 Å². The standard InChI is InChI=1S/C16H13F3N4O2/c1-9-5-12-14(21-9)20-8-23(15(12)25)7-13(24)22-11-4-2-3-10(6-11)16(17,18)19/h2-6,8,21H,7H2,1H3,(H,22,24). The number of fused-ring (bicyclic) bond motifs is 1. The lowest BCUT2D eigenvalue weighted by Crippen LogP contribution is -2.27. The normalized spacial score (nSPS) is 11.7. The number of benzene rings is 1. The van der Waals surface area contributed by atoms with Gasteiger partial charge >= 0.3 is 6.18 Å². The monoisotopic (exact) mass is 350 g/mol. The number of nitrogens with one attached hydrogen (secondary N) is 2. The summed E-state index contributed by atoms with van der Waals surface area (Å²) < 4.78 is 39.2. The van der Waals surface area contributed by atoms with Gasteiger partial charge in [-0.2, -0.15) is 13.2 Å². The average molecular weight is 350 g/mol. The quantitative estimate of drug-likeness (QED) is 0.762. The molecule has 130 valence electrons. The fourth-order valence-electron chi connectivity index (χ4n) is 2.42. The molecular formula is C16H13F3N4O2. The summed E-state index contributed by atoms with van der Waals surface area (Å²) in [6.45, 7) is 1.41. The molecule has 1 aromatic carbocycles. The topological polar surface area (TPSA) is 79.8 Å². The van der Waals surface area contributed by atoms with Crippen LogP contribution in [0.1, 0.15) is 11.3 Å². The molecule has 0 radical (unpaired) electrons. The van der Waals surface area contributed by atoms with Crippen LogP contribution in [0.15, 0.2) is 41.5 Å². The van der Waals surface area contributed by atoms with E-state index in [2.05, 4.69) is 15.3 Å². The first-order chi connectivity index (χ1) is 11.7. The Morgan fingerprint density at radius 3 is 2.80 bits per heavy atom. The zero-order valence-corrected chi connectivity index (χ0v) is 13.0. The zero-order valence-electron chi connectivity index (χ0n) is 13.0. The third-order valence-corrected chi connectivity index (χ3v) is 3.54. The zero-order chi connectivity index (χ0) is 18.2. The number of hydrogen-bond acceptors (Lipinski definition) is 3. The fraction of sp³-hybridized carbons (Fsp3) is 0.188. The first-order valence-corrected chi connectivity index (χ1v) is 7.26. The van der Waals surface area contributed by atoms with Crippen LogP contribution in [0, 0.1) is 6.92 Å². The van der Waals surface area contributed by atoms with Gasteiger partial charge in [0.05, 0.1) is 10.9 Å². The summed E-state index contributed by atoms with van der Waals surface area (Å²) in [5, 5.41) is 2.69. The van der Waals surface area contributed by atoms with Gasteiger partial charge in [-0.05, 0) is 31.2 Å². The first-order valence-electron chi connectivity index (χ1n) is 7.26. The van der Waals surface area contributed by atoms with Crippen molar-refractivity contribution < 1.29 is 18.0 Å². The highest BCUT2D eigenvalue weighted by molar-refractivity contribution is 5.90. The van der Waals surface area contributed by atoms with Gasteiger partial charge < -0.3 is 10.3 Å². The second-order valence-electron chi connectivity index (χ2n) is 5.52. The van der Waals surface area contributed by atoms with Gasteiger partial charge in [0.2, 0.25) is 5.91 Å². The molecule has 0 bridgehead atoms. The minimum absolute atomic E-state index is 0.000555. The van der Waals surface area contributed by atoms with Gasteiger partial charge in [-0.25, -0.2) is 4.98 Å². The average Bonchev–Trinajstić information content (AvgIpc) is 2.91. The summed E-state index contributed by atoms with van der Waals surface area (Å²) in [5.74, 6) is -0.630. The van der Waals surface area contributed by atoms with Crippen LogP contribution in [-0.4, -0.2) is 20.4 Å². The number of H-pyrrole nitrogens is 1. The molecule has 2 heterocycles. The van der Waals surface area contributed by atoms with E-state index in [-0.39, 0.29) is 12.2 Å². The number of alkyl halides is 3. The molecule has 0 spiro atoms. The number of nitrogens with zero attached hydrogens (tertiary/aromatic N) is 2. The van der Waals surface area contributed by atoms with Crippen LogP contribution in [0.2, 0.25) is 0 Å². The predicted octanol–water partition coefficient (Wildman–Crippen LogP) is 2.69. The number of carbonyl (C=O) groups is 1. The Labute approximate surface area is 139 Å². The molecule has 6 nitrogen and oxygen atoms in total. The van der Waals surface area contributed by atoms with Crippen LogP contribution >= 0.6 is 0 Å². The van der Waals surface area contributed by atoms with Crippen LogP contribution in [0.3, 0.4) is 0 Å². The van der Waals surface area contributed by atoms with Gasteiger partial charge in [-0.15, -0.1) is 0 Å². The van der Waals surface area contributed by atoms with E-state index in [1.165, 1.54) is 18.5 Å². The maximum absolute atomic E-state index is 12.7. The van der Waals surface area contributed by atoms with Crippen molar-refractivity contribution in [2.45, 2.75) is 19.6 Å². The Balaban J connectivity index is 1.79. The summed E-state index contributed by atoms with van der Waals surface area (Å²) in [4.78, 5) is 31.3. The second-order valence-corrected chi connectivity index (χ2v) is 5.52. The lowest BCUT2D eigenvalue weighted by molar-refractivity contribution is -0.137. The van der Waals surface area contributed by atoms with Gasteiger partial charge in [0.25, 0.3) is 5.56 Å². The Kier molecular flexibility index (Phi) is 4.07. The predicted molar refractivity (Wildman–Crippen MR) is 85.2 cm³/mol. The number of aryl methyl sites for hydroxylation is 1. The molecule has 0 atom stereocenters. The smallest absolute Gasteiger partial charge is 0.343 e. The molecule has 0 aliphatic carbocycles. The van der Waals surface area contributed by atoms with E-state index in [1.807, 2.05) is 0 Å². The molecule has 3 rings (SSSR count). The lowest BCUT2D eigenvalue weighted by Gasteiger charge is -2.10. The summed E-state index contributed by atoms with van der Waals surface area (Å²) in [7, 11) is 0. The van der Waals surface area contributed by atoms with Crippen molar-refractivity contribution in [3.05, 3.63) is 58.3 Å². The SMILES string of the molecule is Cc1cc2c(=O)n(CC(=O)Nc3cccc(C(F)(F)F)c3)cnc2[nH]1. The van der Waals surface area contributed by atoms with Gasteiger partial charge in [-0.3, -0.25) is 14.2 Å². The molecule has 3 aromatic rings. The third-order valence-electron chi connectivity index (χ3n) is 3.54. The van der Waals surface area contributed by atoms with Crippen molar-refractivity contribution in [2.75, 3.05) is 5.32 Å². The Morgan fingerprint density at radius 1 is 1.32 bits per heavy atom. The molecular weight excluding hydrogens is 337 g/mol. The summed E-state index contributed by atoms with van der Waals surface area (Å²) in [6, 6.07) is 5.89. The number of aromatic nitrogens is 3. The number of anilines is 1. The second kappa shape index (κ2) is 6.08. The number of aromatic amines is 1. The maximum atomic E-state index is 12.7. The third kappa shape index (κ3) is 3.54. The minimum Gasteiger partial charge on any atom is -0.343 e. The van der Waals surface area contributed by atoms with Gasteiger partial charge in [0.1, 0.15) is 18.5 Å². The van der Waals surface area contributed by atoms with Crippen LogP contribution in [-0.2, 0) is 17.5 Å². The van der Waals surface area contributed by atoms with E-state index in [1.54, 1.807) is 13.0 Å². The highest BCUT2D eigenvalue weighted by atomic mass is 19.4. The Bertz CT molecular complexity index is 1000. The van der Waals surface area contributed by atoms with Gasteiger partial charge in [-0.1, -0.05) is 6.07 Å². The maximum Gasteiger partial charge on any atom is 0.416 e. The molecule has 0 aliphatic heterocycles. The number of rotatable bonds is 3. The van der Waals surface area contributed by atoms with Crippen molar-refractivity contribution in [3.8, 4) is 0 Å². The van der Waals surface area contributed by atoms with E-state index in [4.69, 9.17) is 0 Å². The van der Waals surface area contributed by atoms with Crippen molar-refractivity contribution in [1.29, 1.82) is 0 Å². The van der Waals surface area contributed by atoms with Crippen LogP contribution in [0.25, 0.3) is 11.0 Å². The van der Waals surface area contributed by atoms with Gasteiger partial charge in [0.15, 0.2) is 0 Å². The van der Waals surface area contributed by atoms with Gasteiger partial charge in [0, 0.05) is 11.4 Å². The van der Waals surface area contributed by atoms with Crippen molar-refractivity contribution >= 4 is 22.6 Å². The Hall–Kier alpha value is -3.10. The molecule has 0 saturated heterocycles. The molecule has 2 N–H and O–H groups in total. The van der Waals surface area contributed by atoms with E-state index in [0.717, 1.165) is 22.4 Å². The molecule has 2 aromatic heterocycles. The number of hydrogen-bond donors (Lipinski definition) is 2. The van der Waals surface area contributed by atoms with Crippen molar-refractivity contribution in [3.63, 3.8) is 0 Å². The van der Waals surface area contributed by atoms with Crippen LogP contribution in [0.5, 0.6) is 0 Å². The highest BCUT2D eigenvalue weighted by Crippen LogP contribution is 2.30. The summed E-state index contributed by atoms with van der Waals surface area (Å²) in [6.07, 6.45) is -3.29. The molecule has 0 unspecified atom stereocenters. The Morgan fingerprint density at radius 2 is 2.08 bits per heavy atom. The fourth-order valence-corrected chi connectivity index (χ4v) is 2.42. The summed E-state index contributed by atoms with van der Waals surface area (Å²) >= 11 is 0. The molecule has 0 aliphatic rings. The van der Waals surface area contributed by atoms with Crippen molar-refractivity contribution in [1.82, 2.24) is 14.5 Å². The minimum atomic E-state index is -4.50. The van der Waals surface area contributed by atoms with Crippen LogP contribution in [0.4, 0.5) is 18.9 Å². The molecule has 25 heavy (non-hydrogen) atoms. The number of carbonyl (C=O) groups excluding carboxylic acids is 1. The molecule has 0 saturated carbocycles. The van der Waals surface area contributed by atoms with Crippen LogP contribution < -0.4 is 10.9 Å². The largest absolute Gasteiger partial charge is 0.416 e. The molecule has 9 heteroatoms. The van der Waals surface area contributed by atoms with Crippen molar-refractivity contribution in [2.24, 2.45) is 0 Å². The molecule has 0 fully saturated rings. The van der Waals surface area contributed by atoms with E-state index < -0.39 is 23.2 Å². The first kappa shape index (κ1) is 16.7. The number of amides is 1. The molecule has 1 amide bonds. The van der Waals surface area contributed by atoms with E-state index >= 15 is 0 Å².